The van der Waals surface area contributed by atoms with Crippen LogP contribution in [0.2, 0.25) is 15.1 Å². The lowest BCUT2D eigenvalue weighted by Gasteiger charge is -2.24. The van der Waals surface area contributed by atoms with Gasteiger partial charge in [0.1, 0.15) is 11.9 Å². The molecule has 20 heavy (non-hydrogen) atoms. The van der Waals surface area contributed by atoms with Gasteiger partial charge in [0.2, 0.25) is 0 Å². The Morgan fingerprint density at radius 2 is 1.90 bits per heavy atom. The van der Waals surface area contributed by atoms with Crippen LogP contribution in [0, 0.1) is 0 Å². The van der Waals surface area contributed by atoms with E-state index in [0.717, 1.165) is 11.3 Å². The van der Waals surface area contributed by atoms with Gasteiger partial charge in [-0.05, 0) is 23.9 Å². The van der Waals surface area contributed by atoms with Crippen LogP contribution in [-0.4, -0.2) is 6.04 Å². The minimum absolute atomic E-state index is 0.126. The van der Waals surface area contributed by atoms with Crippen LogP contribution in [0.25, 0.3) is 0 Å². The highest BCUT2D eigenvalue weighted by Crippen LogP contribution is 2.37. The summed E-state index contributed by atoms with van der Waals surface area (Å²) in [6, 6.07) is 7.03. The Labute approximate surface area is 137 Å². The van der Waals surface area contributed by atoms with Gasteiger partial charge in [0.15, 0.2) is 0 Å². The van der Waals surface area contributed by atoms with Crippen molar-refractivity contribution in [1.29, 1.82) is 0 Å². The zero-order valence-corrected chi connectivity index (χ0v) is 13.9. The predicted octanol–water partition coefficient (Wildman–Crippen LogP) is 5.57. The quantitative estimate of drug-likeness (QED) is 0.716. The third-order valence-corrected chi connectivity index (χ3v) is 4.86. The summed E-state index contributed by atoms with van der Waals surface area (Å²) < 4.78 is 5.99. The second kappa shape index (κ2) is 7.01. The number of nitrogens with two attached hydrogens (primary N) is 1. The van der Waals surface area contributed by atoms with Gasteiger partial charge in [-0.15, -0.1) is 11.3 Å². The van der Waals surface area contributed by atoms with Crippen LogP contribution in [-0.2, 0) is 0 Å². The molecule has 1 aromatic heterocycles. The molecule has 2 N–H and O–H groups in total. The molecule has 1 heterocycles. The highest BCUT2D eigenvalue weighted by Gasteiger charge is 2.23. The molecule has 0 saturated carbocycles. The summed E-state index contributed by atoms with van der Waals surface area (Å²) in [4.78, 5) is 1.06. The van der Waals surface area contributed by atoms with E-state index < -0.39 is 0 Å². The summed E-state index contributed by atoms with van der Waals surface area (Å²) in [5, 5.41) is 3.21. The van der Waals surface area contributed by atoms with E-state index in [0.29, 0.717) is 20.8 Å². The Bertz CT molecular complexity index is 574. The molecule has 1 aromatic carbocycles. The molecule has 108 valence electrons. The van der Waals surface area contributed by atoms with E-state index in [9.17, 15) is 0 Å². The predicted molar refractivity (Wildman–Crippen MR) is 87.4 cm³/mol. The minimum atomic E-state index is -0.255. The molecule has 2 nitrogen and oxygen atoms in total. The molecule has 0 fully saturated rings. The maximum absolute atomic E-state index is 6.15. The summed E-state index contributed by atoms with van der Waals surface area (Å²) in [6.07, 6.45) is 0.538. The first-order valence-electron chi connectivity index (χ1n) is 6.13. The molecule has 0 bridgehead atoms. The molecule has 2 aromatic rings. The summed E-state index contributed by atoms with van der Waals surface area (Å²) >= 11 is 19.7. The molecular formula is C14H14Cl3NOS. The number of hydrogen-bond donors (Lipinski definition) is 1. The van der Waals surface area contributed by atoms with Crippen molar-refractivity contribution in [2.75, 3.05) is 0 Å². The Balaban J connectivity index is 2.31. The van der Waals surface area contributed by atoms with Gasteiger partial charge >= 0.3 is 0 Å². The Hall–Kier alpha value is -0.450. The van der Waals surface area contributed by atoms with Crippen LogP contribution < -0.4 is 10.5 Å². The van der Waals surface area contributed by atoms with Crippen molar-refractivity contribution < 1.29 is 4.74 Å². The molecule has 6 heteroatoms. The fourth-order valence-electron chi connectivity index (χ4n) is 1.76. The number of thiophene rings is 1. The highest BCUT2D eigenvalue weighted by molar-refractivity contribution is 7.10. The van der Waals surface area contributed by atoms with Crippen LogP contribution in [0.3, 0.4) is 0 Å². The third kappa shape index (κ3) is 3.60. The molecule has 2 atom stereocenters. The van der Waals surface area contributed by atoms with Crippen LogP contribution in [0.1, 0.15) is 24.3 Å². The second-order valence-electron chi connectivity index (χ2n) is 4.32. The zero-order valence-electron chi connectivity index (χ0n) is 10.8. The smallest absolute Gasteiger partial charge is 0.148 e. The number of ether oxygens (including phenoxy) is 1. The molecular weight excluding hydrogens is 337 g/mol. The van der Waals surface area contributed by atoms with Gasteiger partial charge < -0.3 is 10.5 Å². The van der Waals surface area contributed by atoms with Crippen molar-refractivity contribution in [1.82, 2.24) is 0 Å². The van der Waals surface area contributed by atoms with Crippen LogP contribution in [0.15, 0.2) is 29.6 Å². The lowest BCUT2D eigenvalue weighted by molar-refractivity contribution is 0.175. The van der Waals surface area contributed by atoms with Gasteiger partial charge in [-0.2, -0.15) is 0 Å². The fourth-order valence-corrected chi connectivity index (χ4v) is 3.16. The van der Waals surface area contributed by atoms with Crippen molar-refractivity contribution in [2.45, 2.75) is 25.5 Å². The first-order chi connectivity index (χ1) is 9.52. The third-order valence-electron chi connectivity index (χ3n) is 2.91. The molecule has 0 radical (unpaired) electrons. The lowest BCUT2D eigenvalue weighted by Crippen LogP contribution is -2.31. The average molecular weight is 351 g/mol. The van der Waals surface area contributed by atoms with Crippen LogP contribution >= 0.6 is 46.1 Å². The van der Waals surface area contributed by atoms with E-state index in [1.807, 2.05) is 24.4 Å². The SMILES string of the molecule is CCC(N)C(Oc1cc(Cl)c(Cl)cc1Cl)c1cccs1. The molecule has 2 rings (SSSR count). The number of rotatable bonds is 5. The first kappa shape index (κ1) is 15.9. The highest BCUT2D eigenvalue weighted by atomic mass is 35.5. The van der Waals surface area contributed by atoms with Gasteiger partial charge in [0.05, 0.1) is 15.1 Å². The zero-order chi connectivity index (χ0) is 14.7. The maximum atomic E-state index is 6.15. The molecule has 0 amide bonds. The van der Waals surface area contributed by atoms with E-state index >= 15 is 0 Å². The molecule has 2 unspecified atom stereocenters. The summed E-state index contributed by atoms with van der Waals surface area (Å²) in [5.74, 6) is 0.489. The normalized spacial score (nSPS) is 14.1. The van der Waals surface area contributed by atoms with E-state index in [-0.39, 0.29) is 12.1 Å². The summed E-state index contributed by atoms with van der Waals surface area (Å²) in [7, 11) is 0. The summed E-state index contributed by atoms with van der Waals surface area (Å²) in [5.41, 5.74) is 6.15. The van der Waals surface area contributed by atoms with Crippen LogP contribution in [0.4, 0.5) is 0 Å². The Morgan fingerprint density at radius 1 is 1.20 bits per heavy atom. The Kier molecular flexibility index (Phi) is 5.58. The lowest BCUT2D eigenvalue weighted by atomic mass is 10.1. The van der Waals surface area contributed by atoms with Crippen LogP contribution in [0.5, 0.6) is 5.75 Å². The van der Waals surface area contributed by atoms with E-state index in [1.54, 1.807) is 23.5 Å². The Morgan fingerprint density at radius 3 is 2.50 bits per heavy atom. The summed E-state index contributed by atoms with van der Waals surface area (Å²) in [6.45, 7) is 2.02. The van der Waals surface area contributed by atoms with E-state index in [4.69, 9.17) is 45.3 Å². The average Bonchev–Trinajstić information content (AvgIpc) is 2.94. The maximum Gasteiger partial charge on any atom is 0.148 e. The van der Waals surface area contributed by atoms with Crippen molar-refractivity contribution in [2.24, 2.45) is 5.73 Å². The monoisotopic (exact) mass is 349 g/mol. The number of hydrogen-bond acceptors (Lipinski definition) is 3. The first-order valence-corrected chi connectivity index (χ1v) is 8.14. The molecule has 0 aliphatic heterocycles. The van der Waals surface area contributed by atoms with Crippen molar-refractivity contribution in [3.63, 3.8) is 0 Å². The standard InChI is InChI=1S/C14H14Cl3NOS/c1-2-11(18)14(13-4-3-5-20-13)19-12-7-9(16)8(15)6-10(12)17/h3-7,11,14H,2,18H2,1H3. The van der Waals surface area contributed by atoms with Gasteiger partial charge in [0, 0.05) is 17.0 Å². The largest absolute Gasteiger partial charge is 0.482 e. The minimum Gasteiger partial charge on any atom is -0.482 e. The molecule has 0 saturated heterocycles. The number of halogens is 3. The molecule has 0 aliphatic carbocycles. The van der Waals surface area contributed by atoms with Gasteiger partial charge in [-0.25, -0.2) is 0 Å². The second-order valence-corrected chi connectivity index (χ2v) is 6.52. The topological polar surface area (TPSA) is 35.2 Å². The van der Waals surface area contributed by atoms with Crippen molar-refractivity contribution in [3.05, 3.63) is 49.6 Å². The van der Waals surface area contributed by atoms with E-state index in [1.165, 1.54) is 0 Å². The molecule has 0 spiro atoms. The van der Waals surface area contributed by atoms with E-state index in [2.05, 4.69) is 0 Å². The number of benzene rings is 1. The van der Waals surface area contributed by atoms with Gasteiger partial charge in [-0.3, -0.25) is 0 Å². The van der Waals surface area contributed by atoms with Gasteiger partial charge in [-0.1, -0.05) is 47.8 Å². The molecule has 0 aliphatic rings. The fraction of sp³-hybridized carbons (Fsp3) is 0.286. The van der Waals surface area contributed by atoms with Gasteiger partial charge in [0.25, 0.3) is 0 Å². The van der Waals surface area contributed by atoms with Crippen molar-refractivity contribution in [3.8, 4) is 5.75 Å². The van der Waals surface area contributed by atoms with Crippen molar-refractivity contribution >= 4 is 46.1 Å².